The average molecular weight is 377 g/mol. The van der Waals surface area contributed by atoms with Gasteiger partial charge in [0.2, 0.25) is 0 Å². The number of anilines is 1. The van der Waals surface area contributed by atoms with Gasteiger partial charge in [-0.1, -0.05) is 30.3 Å². The third kappa shape index (κ3) is 3.54. The molecule has 1 fully saturated rings. The molecule has 0 spiro atoms. The number of benzene rings is 1. The normalized spacial score (nSPS) is 20.4. The fourth-order valence-corrected chi connectivity index (χ4v) is 3.25. The van der Waals surface area contributed by atoms with E-state index in [2.05, 4.69) is 21.2 Å². The number of nitrogens with one attached hydrogen (secondary N) is 1. The summed E-state index contributed by atoms with van der Waals surface area (Å²) >= 11 is 3.32. The molecule has 0 unspecified atom stereocenters. The van der Waals surface area contributed by atoms with Crippen LogP contribution < -0.4 is 10.9 Å². The largest absolute Gasteiger partial charge is 0.360 e. The number of carbonyl (C=O) groups excluding carboxylic acids is 1. The summed E-state index contributed by atoms with van der Waals surface area (Å²) in [6, 6.07) is 11.5. The molecule has 5 nitrogen and oxygen atoms in total. The molecule has 0 aliphatic carbocycles. The third-order valence-corrected chi connectivity index (χ3v) is 4.32. The lowest BCUT2D eigenvalue weighted by Crippen LogP contribution is -2.31. The predicted molar refractivity (Wildman–Crippen MR) is 91.3 cm³/mol. The topological polar surface area (TPSA) is 60.3 Å². The quantitative estimate of drug-likeness (QED) is 0.895. The molecule has 2 atom stereocenters. The van der Waals surface area contributed by atoms with Gasteiger partial charge in [-0.3, -0.25) is 9.59 Å². The molecule has 1 aromatic heterocycles. The molecule has 0 bridgehead atoms. The molecular formula is C17H17BrN2O3. The molecule has 1 saturated heterocycles. The van der Waals surface area contributed by atoms with Gasteiger partial charge in [0.15, 0.2) is 0 Å². The van der Waals surface area contributed by atoms with E-state index in [1.165, 1.54) is 4.57 Å². The van der Waals surface area contributed by atoms with Crippen molar-refractivity contribution in [2.75, 3.05) is 5.32 Å². The van der Waals surface area contributed by atoms with Crippen molar-refractivity contribution in [1.82, 2.24) is 4.57 Å². The molecule has 1 aliphatic heterocycles. The summed E-state index contributed by atoms with van der Waals surface area (Å²) in [4.78, 5) is 24.4. The molecule has 6 heteroatoms. The first-order chi connectivity index (χ1) is 11.0. The summed E-state index contributed by atoms with van der Waals surface area (Å²) < 4.78 is 7.99. The highest BCUT2D eigenvalue weighted by molar-refractivity contribution is 9.10. The molecule has 2 aromatic rings. The van der Waals surface area contributed by atoms with E-state index in [-0.39, 0.29) is 23.3 Å². The van der Waals surface area contributed by atoms with Crippen LogP contribution in [0.2, 0.25) is 0 Å². The fourth-order valence-electron chi connectivity index (χ4n) is 2.72. The van der Waals surface area contributed by atoms with Gasteiger partial charge in [-0.15, -0.1) is 0 Å². The smallest absolute Gasteiger partial charge is 0.274 e. The average Bonchev–Trinajstić information content (AvgIpc) is 3.03. The van der Waals surface area contributed by atoms with Crippen LogP contribution in [0.4, 0.5) is 5.69 Å². The van der Waals surface area contributed by atoms with E-state index in [0.717, 1.165) is 16.5 Å². The number of amides is 1. The Hall–Kier alpha value is -1.92. The summed E-state index contributed by atoms with van der Waals surface area (Å²) in [5.41, 5.74) is 1.07. The third-order valence-electron chi connectivity index (χ3n) is 3.89. The Kier molecular flexibility index (Phi) is 4.63. The highest BCUT2D eigenvalue weighted by Gasteiger charge is 2.31. The Morgan fingerprint density at radius 2 is 2.04 bits per heavy atom. The highest BCUT2D eigenvalue weighted by atomic mass is 79.9. The van der Waals surface area contributed by atoms with E-state index in [9.17, 15) is 9.59 Å². The lowest BCUT2D eigenvalue weighted by atomic mass is 10.1. The van der Waals surface area contributed by atoms with E-state index in [1.807, 2.05) is 30.3 Å². The maximum absolute atomic E-state index is 12.4. The number of nitrogens with zero attached hydrogens (tertiary/aromatic N) is 1. The van der Waals surface area contributed by atoms with Crippen LogP contribution in [0.25, 0.3) is 0 Å². The highest BCUT2D eigenvalue weighted by Crippen LogP contribution is 2.32. The van der Waals surface area contributed by atoms with E-state index in [4.69, 9.17) is 4.74 Å². The van der Waals surface area contributed by atoms with Crippen LogP contribution in [0.15, 0.2) is 51.9 Å². The van der Waals surface area contributed by atoms with Crippen molar-refractivity contribution >= 4 is 27.5 Å². The first-order valence-corrected chi connectivity index (χ1v) is 8.21. The van der Waals surface area contributed by atoms with Gasteiger partial charge in [0.25, 0.3) is 11.5 Å². The SMILES string of the molecule is Cn1cc(Br)cc(NC(=O)[C@H]2CC[C@@H](c3ccccc3)O2)c1=O. The van der Waals surface area contributed by atoms with Crippen LogP contribution in [-0.2, 0) is 16.6 Å². The van der Waals surface area contributed by atoms with Crippen LogP contribution in [0.5, 0.6) is 0 Å². The second kappa shape index (κ2) is 6.68. The van der Waals surface area contributed by atoms with Crippen LogP contribution in [0.3, 0.4) is 0 Å². The van der Waals surface area contributed by atoms with E-state index >= 15 is 0 Å². The molecule has 1 amide bonds. The molecule has 23 heavy (non-hydrogen) atoms. The van der Waals surface area contributed by atoms with Gasteiger partial charge in [-0.25, -0.2) is 0 Å². The van der Waals surface area contributed by atoms with Gasteiger partial charge in [-0.2, -0.15) is 0 Å². The molecule has 1 aliphatic rings. The fraction of sp³-hybridized carbons (Fsp3) is 0.294. The van der Waals surface area contributed by atoms with Crippen molar-refractivity contribution in [2.24, 2.45) is 7.05 Å². The molecule has 0 saturated carbocycles. The number of rotatable bonds is 3. The Morgan fingerprint density at radius 3 is 2.78 bits per heavy atom. The second-order valence-corrected chi connectivity index (χ2v) is 6.49. The summed E-state index contributed by atoms with van der Waals surface area (Å²) in [6.07, 6.45) is 2.47. The standard InChI is InChI=1S/C17H17BrN2O3/c1-20-10-12(18)9-13(17(20)22)19-16(21)15-8-7-14(23-15)11-5-3-2-4-6-11/h2-6,9-10,14-15H,7-8H2,1H3,(H,19,21)/t14-,15+/m0/s1. The van der Waals surface area contributed by atoms with Gasteiger partial charge < -0.3 is 14.6 Å². The summed E-state index contributed by atoms with van der Waals surface area (Å²) in [7, 11) is 1.64. The van der Waals surface area contributed by atoms with Gasteiger partial charge >= 0.3 is 0 Å². The zero-order valence-electron chi connectivity index (χ0n) is 12.7. The molecular weight excluding hydrogens is 360 g/mol. The van der Waals surface area contributed by atoms with Gasteiger partial charge in [0, 0.05) is 17.7 Å². The maximum atomic E-state index is 12.4. The van der Waals surface area contributed by atoms with Gasteiger partial charge in [0.1, 0.15) is 11.8 Å². The monoisotopic (exact) mass is 376 g/mol. The van der Waals surface area contributed by atoms with Crippen molar-refractivity contribution < 1.29 is 9.53 Å². The number of carbonyl (C=O) groups is 1. The molecule has 1 aromatic carbocycles. The molecule has 3 rings (SSSR count). The number of pyridine rings is 1. The van der Waals surface area contributed by atoms with Gasteiger partial charge in [-0.05, 0) is 40.4 Å². The zero-order valence-corrected chi connectivity index (χ0v) is 14.2. The van der Waals surface area contributed by atoms with Crippen molar-refractivity contribution in [3.63, 3.8) is 0 Å². The summed E-state index contributed by atoms with van der Waals surface area (Å²) in [5.74, 6) is -0.279. The number of aryl methyl sites for hydroxylation is 1. The van der Waals surface area contributed by atoms with E-state index in [0.29, 0.717) is 6.42 Å². The Balaban J connectivity index is 1.70. The number of hydrogen-bond acceptors (Lipinski definition) is 3. The van der Waals surface area contributed by atoms with Crippen molar-refractivity contribution in [3.05, 3.63) is 63.0 Å². The summed E-state index contributed by atoms with van der Waals surface area (Å²) in [6.45, 7) is 0. The lowest BCUT2D eigenvalue weighted by Gasteiger charge is -2.14. The van der Waals surface area contributed by atoms with E-state index < -0.39 is 6.10 Å². The first kappa shape index (κ1) is 16.0. The maximum Gasteiger partial charge on any atom is 0.274 e. The minimum Gasteiger partial charge on any atom is -0.360 e. The molecule has 120 valence electrons. The Labute approximate surface area is 142 Å². The minimum atomic E-state index is -0.538. The Morgan fingerprint density at radius 1 is 1.30 bits per heavy atom. The van der Waals surface area contributed by atoms with E-state index in [1.54, 1.807) is 19.3 Å². The number of halogens is 1. The van der Waals surface area contributed by atoms with Crippen LogP contribution in [0, 0.1) is 0 Å². The zero-order chi connectivity index (χ0) is 16.4. The summed E-state index contributed by atoms with van der Waals surface area (Å²) in [5, 5.41) is 2.68. The van der Waals surface area contributed by atoms with Crippen molar-refractivity contribution in [1.29, 1.82) is 0 Å². The Bertz CT molecular complexity index is 773. The molecule has 0 radical (unpaired) electrons. The first-order valence-electron chi connectivity index (χ1n) is 7.42. The van der Waals surface area contributed by atoms with Gasteiger partial charge in [0.05, 0.1) is 6.10 Å². The predicted octanol–water partition coefficient (Wildman–Crippen LogP) is 3.01. The number of aromatic nitrogens is 1. The molecule has 1 N–H and O–H groups in total. The van der Waals surface area contributed by atoms with Crippen LogP contribution in [0.1, 0.15) is 24.5 Å². The van der Waals surface area contributed by atoms with Crippen LogP contribution >= 0.6 is 15.9 Å². The lowest BCUT2D eigenvalue weighted by molar-refractivity contribution is -0.126. The second-order valence-electron chi connectivity index (χ2n) is 5.58. The van der Waals surface area contributed by atoms with Crippen molar-refractivity contribution in [3.8, 4) is 0 Å². The molecule has 2 heterocycles. The van der Waals surface area contributed by atoms with Crippen molar-refractivity contribution in [2.45, 2.75) is 25.0 Å². The minimum absolute atomic E-state index is 0.0720. The number of ether oxygens (including phenoxy) is 1. The van der Waals surface area contributed by atoms with Crippen LogP contribution in [-0.4, -0.2) is 16.6 Å². The number of hydrogen-bond donors (Lipinski definition) is 1.